The molecule has 4 heterocycles. The minimum Gasteiger partial charge on any atom is -0.497 e. The number of aliphatic hydroxyl groups excluding tert-OH is 2. The lowest BCUT2D eigenvalue weighted by molar-refractivity contribution is -0.145. The van der Waals surface area contributed by atoms with E-state index in [4.69, 9.17) is 61.2 Å². The Balaban J connectivity index is 0.000000256. The van der Waals surface area contributed by atoms with Crippen LogP contribution in [-0.2, 0) is 80.0 Å². The average molecular weight is 1610 g/mol. The number of fused-ring (bicyclic) bond motifs is 2. The number of aliphatic hydroxyl groups is 2. The number of benzene rings is 6. The average Bonchev–Trinajstić information content (AvgIpc) is 1.61. The Morgan fingerprint density at radius 3 is 1.32 bits per heavy atom. The number of hydrogen-bond acceptors (Lipinski definition) is 24. The molecule has 0 saturated carbocycles. The SMILES string of the molecule is CCOC(=O)[C@H](CC)NP(=O)(COc1ccc(C[C@H](NC(=O)O[C@H]2CO[C@H]3OCCC32)[C@H](O)CN(CC(C)C)S(=O)(=O)c2ccc(OC)cc2)cc1)Oc1ccccc1.COc1ccc(S(=O)(=O)N(CC(C)C)C[C@@H](O)[C@H](Cc2ccc(OCP(=O)(O)Oc3ccccc3)cc2)NC(=O)O[C@H]2CO[C@H]3OCCC32)cc1. The Bertz CT molecular complexity index is 4220. The van der Waals surface area contributed by atoms with Crippen molar-refractivity contribution in [3.63, 3.8) is 0 Å². The molecule has 4 aliphatic rings. The lowest BCUT2D eigenvalue weighted by atomic mass is 10.0. The van der Waals surface area contributed by atoms with Gasteiger partial charge < -0.3 is 86.9 Å². The first kappa shape index (κ1) is 86.1. The Morgan fingerprint density at radius 2 is 0.927 bits per heavy atom. The molecule has 0 spiro atoms. The van der Waals surface area contributed by atoms with Crippen LogP contribution in [0, 0.1) is 23.7 Å². The number of amides is 2. The molecule has 4 unspecified atom stereocenters. The van der Waals surface area contributed by atoms with E-state index >= 15 is 0 Å². The van der Waals surface area contributed by atoms with Crippen molar-refractivity contribution < 1.29 is 117 Å². The van der Waals surface area contributed by atoms with E-state index in [-0.39, 0.29) is 110 Å². The molecule has 0 aromatic heterocycles. The maximum Gasteiger partial charge on any atom is 0.413 e. The second-order valence-electron chi connectivity index (χ2n) is 27.6. The Kier molecular flexibility index (Phi) is 31.7. The van der Waals surface area contributed by atoms with E-state index in [1.807, 2.05) is 27.7 Å². The second-order valence-corrected chi connectivity index (χ2v) is 35.2. The molecule has 4 fully saturated rings. The van der Waals surface area contributed by atoms with Gasteiger partial charge in [0.2, 0.25) is 20.0 Å². The third-order valence-electron chi connectivity index (χ3n) is 18.2. The van der Waals surface area contributed by atoms with Gasteiger partial charge in [-0.05, 0) is 159 Å². The van der Waals surface area contributed by atoms with Crippen molar-refractivity contribution in [3.8, 4) is 34.5 Å². The van der Waals surface area contributed by atoms with Crippen LogP contribution in [0.4, 0.5) is 9.59 Å². The van der Waals surface area contributed by atoms with Crippen LogP contribution >= 0.6 is 15.1 Å². The third kappa shape index (κ3) is 25.0. The number of hydrogen-bond donors (Lipinski definition) is 6. The van der Waals surface area contributed by atoms with Crippen molar-refractivity contribution >= 4 is 53.3 Å². The Labute approximate surface area is 642 Å². The molecule has 30 nitrogen and oxygen atoms in total. The number of ether oxygens (including phenoxy) is 11. The van der Waals surface area contributed by atoms with Gasteiger partial charge in [-0.25, -0.2) is 36.1 Å². The highest BCUT2D eigenvalue weighted by atomic mass is 32.2. The third-order valence-corrected chi connectivity index (χ3v) is 24.5. The van der Waals surface area contributed by atoms with Crippen LogP contribution in [0.1, 0.15) is 71.9 Å². The molecule has 0 radical (unpaired) electrons. The normalized spacial score (nSPS) is 20.6. The number of esters is 1. The molecule has 34 heteroatoms. The van der Waals surface area contributed by atoms with Crippen LogP contribution in [0.5, 0.6) is 34.5 Å². The van der Waals surface area contributed by atoms with Crippen molar-refractivity contribution in [2.75, 3.05) is 86.1 Å². The molecule has 4 saturated heterocycles. The summed E-state index contributed by atoms with van der Waals surface area (Å²) in [5.74, 6) is 1.20. The number of alkyl carbamates (subject to hydrolysis) is 2. The zero-order valence-electron chi connectivity index (χ0n) is 62.8. The van der Waals surface area contributed by atoms with E-state index in [0.29, 0.717) is 60.2 Å². The number of nitrogens with one attached hydrogen (secondary N) is 3. The van der Waals surface area contributed by atoms with Gasteiger partial charge in [-0.2, -0.15) is 8.61 Å². The van der Waals surface area contributed by atoms with Crippen molar-refractivity contribution in [3.05, 3.63) is 169 Å². The van der Waals surface area contributed by atoms with E-state index in [9.17, 15) is 55.5 Å². The van der Waals surface area contributed by atoms with Crippen LogP contribution in [0.2, 0.25) is 0 Å². The molecule has 4 aliphatic heterocycles. The fourth-order valence-electron chi connectivity index (χ4n) is 12.6. The molecule has 2 amide bonds. The first-order valence-corrected chi connectivity index (χ1v) is 42.8. The van der Waals surface area contributed by atoms with Gasteiger partial charge in [0, 0.05) is 26.2 Å². The van der Waals surface area contributed by atoms with Crippen molar-refractivity contribution in [1.82, 2.24) is 24.3 Å². The predicted molar refractivity (Wildman–Crippen MR) is 404 cm³/mol. The predicted octanol–water partition coefficient (Wildman–Crippen LogP) is 9.74. The lowest BCUT2D eigenvalue weighted by Crippen LogP contribution is -2.51. The standard InChI is InChI=1S/C41H56N3O13PS.C35H45N2O12PS/c1-6-35(39(46)52-7-2)43-58(48,57-32-11-9-8-10-12-32)27-55-31-15-13-29(14-16-31)23-36(42-41(47)56-38-26-54-40-34(38)21-22-53-40)37(45)25-44(24-28(3)4)59(49,50)33-19-17-30(51-5)18-20-33;1-24(2)20-37(51(42,43)29-15-13-26(44-3)14-16-29)21-32(38)31(36-35(39)48-33-22-46-34-30(33)17-18-45-34)19-25-9-11-27(12-10-25)47-23-50(40,41)49-28-7-5-4-6-8-28/h8-20,28,34-38,40,45H,6-7,21-27H2,1-5H3,(H,42,47)(H,43,48);4-16,24,30-34,38H,17-23H2,1-3H3,(H,36,39)(H,40,41)/t34?,35-,36-,37+,38-,40+,58?;30?,31-,32+,33-,34+/m00/s1. The van der Waals surface area contributed by atoms with Gasteiger partial charge in [0.05, 0.1) is 93.2 Å². The fraction of sp³-hybridized carbons (Fsp3) is 0.487. The summed E-state index contributed by atoms with van der Waals surface area (Å²) in [4.78, 5) is 49.5. The summed E-state index contributed by atoms with van der Waals surface area (Å²) in [5.41, 5.74) is 1.31. The van der Waals surface area contributed by atoms with Crippen molar-refractivity contribution in [2.45, 2.75) is 139 Å². The highest BCUT2D eigenvalue weighted by molar-refractivity contribution is 7.89. The molecule has 6 N–H and O–H groups in total. The molecule has 602 valence electrons. The number of methoxy groups -OCH3 is 2. The van der Waals surface area contributed by atoms with Crippen LogP contribution in [0.15, 0.2) is 168 Å². The lowest BCUT2D eigenvalue weighted by Gasteiger charge is -2.31. The fourth-order valence-corrected chi connectivity index (χ4v) is 18.4. The first-order chi connectivity index (χ1) is 52.6. The molecule has 0 bridgehead atoms. The largest absolute Gasteiger partial charge is 0.497 e. The van der Waals surface area contributed by atoms with E-state index in [0.717, 1.165) is 0 Å². The highest BCUT2D eigenvalue weighted by Gasteiger charge is 2.46. The summed E-state index contributed by atoms with van der Waals surface area (Å²) >= 11 is 0. The molecule has 6 aromatic carbocycles. The van der Waals surface area contributed by atoms with Gasteiger partial charge in [0.1, 0.15) is 52.7 Å². The molecule has 0 aliphatic carbocycles. The van der Waals surface area contributed by atoms with Crippen LogP contribution < -0.4 is 43.7 Å². The zero-order chi connectivity index (χ0) is 79.2. The quantitative estimate of drug-likeness (QED) is 0.0119. The minimum atomic E-state index is -4.12. The Hall–Kier alpha value is -7.91. The molecular formula is C76H101N5O25P2S2. The summed E-state index contributed by atoms with van der Waals surface area (Å²) in [7, 11) is -13.1. The molecule has 13 atom stereocenters. The van der Waals surface area contributed by atoms with Gasteiger partial charge in [0.25, 0.3) is 0 Å². The monoisotopic (exact) mass is 1610 g/mol. The molecular weight excluding hydrogens is 1510 g/mol. The smallest absolute Gasteiger partial charge is 0.413 e. The summed E-state index contributed by atoms with van der Waals surface area (Å²) in [6.07, 6.45) is -5.51. The minimum absolute atomic E-state index is 0.0280. The van der Waals surface area contributed by atoms with Crippen LogP contribution in [0.3, 0.4) is 0 Å². The number of rotatable bonds is 39. The maximum atomic E-state index is 14.1. The van der Waals surface area contributed by atoms with E-state index in [2.05, 4.69) is 15.7 Å². The Morgan fingerprint density at radius 1 is 0.527 bits per heavy atom. The zero-order valence-corrected chi connectivity index (χ0v) is 66.2. The number of para-hydroxylation sites is 2. The summed E-state index contributed by atoms with van der Waals surface area (Å²) in [6, 6.07) is 39.0. The van der Waals surface area contributed by atoms with E-state index < -0.39 is 121 Å². The number of carbonyl (C=O) groups excluding carboxylic acids is 3. The highest BCUT2D eigenvalue weighted by Crippen LogP contribution is 2.45. The maximum absolute atomic E-state index is 14.1. The van der Waals surface area contributed by atoms with Gasteiger partial charge >= 0.3 is 33.3 Å². The van der Waals surface area contributed by atoms with Crippen molar-refractivity contribution in [2.24, 2.45) is 23.7 Å². The summed E-state index contributed by atoms with van der Waals surface area (Å²) in [6.45, 7) is 12.0. The van der Waals surface area contributed by atoms with E-state index in [1.165, 1.54) is 47.1 Å². The number of sulfonamides is 2. The first-order valence-electron chi connectivity index (χ1n) is 36.4. The second kappa shape index (κ2) is 40.5. The van der Waals surface area contributed by atoms with E-state index in [1.54, 1.807) is 147 Å². The molecule has 6 aromatic rings. The number of nitrogens with zero attached hydrogens (tertiary/aromatic N) is 2. The molecule has 10 rings (SSSR count). The topological polar surface area (TPSA) is 377 Å². The van der Waals surface area contributed by atoms with Gasteiger partial charge in [-0.1, -0.05) is 95.3 Å². The van der Waals surface area contributed by atoms with Crippen LogP contribution in [0.25, 0.3) is 0 Å². The number of carbonyl (C=O) groups is 3. The summed E-state index contributed by atoms with van der Waals surface area (Å²) in [5, 5.41) is 31.8. The van der Waals surface area contributed by atoms with Crippen LogP contribution in [-0.4, -0.2) is 200 Å². The van der Waals surface area contributed by atoms with Gasteiger partial charge in [-0.15, -0.1) is 0 Å². The van der Waals surface area contributed by atoms with Crippen molar-refractivity contribution in [1.29, 1.82) is 0 Å². The van der Waals surface area contributed by atoms with Gasteiger partial charge in [-0.3, -0.25) is 9.36 Å². The summed E-state index contributed by atoms with van der Waals surface area (Å²) < 4.78 is 156. The van der Waals surface area contributed by atoms with Gasteiger partial charge in [0.15, 0.2) is 25.3 Å². The molecule has 110 heavy (non-hydrogen) atoms.